The van der Waals surface area contributed by atoms with Gasteiger partial charge in [0.25, 0.3) is 10.0 Å². The van der Waals surface area contributed by atoms with Gasteiger partial charge in [0.2, 0.25) is 0 Å². The van der Waals surface area contributed by atoms with E-state index < -0.39 is 44.0 Å². The Kier molecular flexibility index (Phi) is 3.80. The second-order valence-electron chi connectivity index (χ2n) is 3.74. The van der Waals surface area contributed by atoms with Gasteiger partial charge in [-0.05, 0) is 18.2 Å². The van der Waals surface area contributed by atoms with E-state index in [2.05, 4.69) is 9.97 Å². The zero-order valence-electron chi connectivity index (χ0n) is 10.1. The van der Waals surface area contributed by atoms with Gasteiger partial charge < -0.3 is 5.11 Å². The van der Waals surface area contributed by atoms with Crippen LogP contribution in [-0.2, 0) is 10.0 Å². The summed E-state index contributed by atoms with van der Waals surface area (Å²) in [5, 5.41) is 8.86. The lowest BCUT2D eigenvalue weighted by Gasteiger charge is -2.09. The first-order valence-corrected chi connectivity index (χ1v) is 6.82. The van der Waals surface area contributed by atoms with Crippen LogP contribution < -0.4 is 4.72 Å². The normalized spacial score (nSPS) is 11.1. The van der Waals surface area contributed by atoms with Gasteiger partial charge in [0.1, 0.15) is 16.5 Å². The number of carboxylic acid groups (broad SMARTS) is 1. The van der Waals surface area contributed by atoms with Crippen LogP contribution in [0.1, 0.15) is 10.5 Å². The third-order valence-electron chi connectivity index (χ3n) is 2.31. The third-order valence-corrected chi connectivity index (χ3v) is 3.67. The maximum Gasteiger partial charge on any atom is 0.358 e. The minimum Gasteiger partial charge on any atom is -0.476 e. The summed E-state index contributed by atoms with van der Waals surface area (Å²) in [7, 11) is -4.55. The van der Waals surface area contributed by atoms with Gasteiger partial charge in [-0.3, -0.25) is 4.72 Å². The Morgan fingerprint density at radius 3 is 2.52 bits per heavy atom. The SMILES string of the molecule is O=C(O)c1nccnc1NS(=O)(=O)c1cc(F)ccc1F. The van der Waals surface area contributed by atoms with Gasteiger partial charge in [-0.1, -0.05) is 0 Å². The second-order valence-corrected chi connectivity index (χ2v) is 5.39. The van der Waals surface area contributed by atoms with Crippen molar-refractivity contribution in [3.05, 3.63) is 47.9 Å². The molecule has 0 radical (unpaired) electrons. The minimum absolute atomic E-state index is 0.467. The van der Waals surface area contributed by atoms with E-state index in [1.54, 1.807) is 4.72 Å². The quantitative estimate of drug-likeness (QED) is 0.879. The van der Waals surface area contributed by atoms with Crippen molar-refractivity contribution in [1.29, 1.82) is 0 Å². The lowest BCUT2D eigenvalue weighted by atomic mass is 10.3. The van der Waals surface area contributed by atoms with E-state index in [0.29, 0.717) is 12.1 Å². The zero-order chi connectivity index (χ0) is 15.6. The van der Waals surface area contributed by atoms with Crippen LogP contribution in [0.15, 0.2) is 35.5 Å². The first-order valence-electron chi connectivity index (χ1n) is 5.33. The number of carboxylic acids is 1. The molecule has 0 amide bonds. The Balaban J connectivity index is 2.48. The molecular formula is C11H7F2N3O4S. The van der Waals surface area contributed by atoms with Crippen LogP contribution in [0.2, 0.25) is 0 Å². The monoisotopic (exact) mass is 315 g/mol. The Labute approximate surface area is 117 Å². The van der Waals surface area contributed by atoms with E-state index in [9.17, 15) is 22.0 Å². The van der Waals surface area contributed by atoms with Crippen LogP contribution in [0.4, 0.5) is 14.6 Å². The number of sulfonamides is 1. The topological polar surface area (TPSA) is 109 Å². The summed E-state index contributed by atoms with van der Waals surface area (Å²) >= 11 is 0. The number of aromatic nitrogens is 2. The number of benzene rings is 1. The number of hydrogen-bond acceptors (Lipinski definition) is 5. The molecule has 10 heteroatoms. The van der Waals surface area contributed by atoms with Crippen LogP contribution in [-0.4, -0.2) is 29.5 Å². The van der Waals surface area contributed by atoms with E-state index in [-0.39, 0.29) is 0 Å². The molecule has 1 aromatic carbocycles. The molecule has 0 unspecified atom stereocenters. The molecule has 0 aliphatic rings. The second kappa shape index (κ2) is 5.40. The largest absolute Gasteiger partial charge is 0.476 e. The van der Waals surface area contributed by atoms with E-state index in [0.717, 1.165) is 18.5 Å². The summed E-state index contributed by atoms with van der Waals surface area (Å²) in [6.45, 7) is 0. The van der Waals surface area contributed by atoms with Crippen molar-refractivity contribution in [3.8, 4) is 0 Å². The standard InChI is InChI=1S/C11H7F2N3O4S/c12-6-1-2-7(13)8(5-6)21(19,20)16-10-9(11(17)18)14-3-4-15-10/h1-5H,(H,15,16)(H,17,18). The summed E-state index contributed by atoms with van der Waals surface area (Å²) in [6, 6.07) is 1.85. The number of anilines is 1. The molecule has 0 saturated heterocycles. The fraction of sp³-hybridized carbons (Fsp3) is 0. The van der Waals surface area contributed by atoms with Crippen molar-refractivity contribution in [2.24, 2.45) is 0 Å². The number of aromatic carboxylic acids is 1. The fourth-order valence-electron chi connectivity index (χ4n) is 1.43. The lowest BCUT2D eigenvalue weighted by molar-refractivity contribution is 0.0691. The molecule has 2 rings (SSSR count). The minimum atomic E-state index is -4.55. The van der Waals surface area contributed by atoms with Crippen LogP contribution in [0.3, 0.4) is 0 Å². The summed E-state index contributed by atoms with van der Waals surface area (Å²) < 4.78 is 52.2. The number of nitrogens with zero attached hydrogens (tertiary/aromatic N) is 2. The van der Waals surface area contributed by atoms with Crippen molar-refractivity contribution in [1.82, 2.24) is 9.97 Å². The van der Waals surface area contributed by atoms with Crippen molar-refractivity contribution in [2.75, 3.05) is 4.72 Å². The van der Waals surface area contributed by atoms with Crippen LogP contribution in [0.25, 0.3) is 0 Å². The number of hydrogen-bond donors (Lipinski definition) is 2. The number of halogens is 2. The van der Waals surface area contributed by atoms with E-state index in [1.165, 1.54) is 0 Å². The Bertz CT molecular complexity index is 811. The van der Waals surface area contributed by atoms with Crippen molar-refractivity contribution in [3.63, 3.8) is 0 Å². The molecule has 21 heavy (non-hydrogen) atoms. The maximum absolute atomic E-state index is 13.5. The van der Waals surface area contributed by atoms with Gasteiger partial charge in [0.05, 0.1) is 0 Å². The van der Waals surface area contributed by atoms with Crippen molar-refractivity contribution < 1.29 is 27.1 Å². The first-order chi connectivity index (χ1) is 9.81. The summed E-state index contributed by atoms with van der Waals surface area (Å²) in [4.78, 5) is 16.9. The van der Waals surface area contributed by atoms with Crippen LogP contribution in [0, 0.1) is 11.6 Å². The molecule has 0 saturated carbocycles. The van der Waals surface area contributed by atoms with E-state index in [4.69, 9.17) is 5.11 Å². The summed E-state index contributed by atoms with van der Waals surface area (Å²) in [5.41, 5.74) is -0.669. The smallest absolute Gasteiger partial charge is 0.358 e. The van der Waals surface area contributed by atoms with E-state index >= 15 is 0 Å². The molecule has 1 aromatic heterocycles. The van der Waals surface area contributed by atoms with E-state index in [1.807, 2.05) is 0 Å². The lowest BCUT2D eigenvalue weighted by Crippen LogP contribution is -2.18. The molecule has 2 aromatic rings. The molecule has 1 heterocycles. The Morgan fingerprint density at radius 2 is 1.86 bits per heavy atom. The molecule has 0 bridgehead atoms. The fourth-order valence-corrected chi connectivity index (χ4v) is 2.54. The van der Waals surface area contributed by atoms with Gasteiger partial charge >= 0.3 is 5.97 Å². The van der Waals surface area contributed by atoms with Gasteiger partial charge in [-0.25, -0.2) is 32.0 Å². The molecular weight excluding hydrogens is 308 g/mol. The predicted molar refractivity (Wildman–Crippen MR) is 66.2 cm³/mol. The maximum atomic E-state index is 13.5. The van der Waals surface area contributed by atoms with Gasteiger partial charge in [-0.15, -0.1) is 0 Å². The molecule has 0 fully saturated rings. The van der Waals surface area contributed by atoms with Gasteiger partial charge in [0.15, 0.2) is 11.5 Å². The number of nitrogens with one attached hydrogen (secondary N) is 1. The average Bonchev–Trinajstić information content (AvgIpc) is 2.41. The first kappa shape index (κ1) is 14.8. The average molecular weight is 315 g/mol. The Hall–Kier alpha value is -2.62. The number of rotatable bonds is 4. The zero-order valence-corrected chi connectivity index (χ0v) is 10.9. The van der Waals surface area contributed by atoms with Crippen LogP contribution in [0.5, 0.6) is 0 Å². The molecule has 0 aliphatic heterocycles. The van der Waals surface area contributed by atoms with Gasteiger partial charge in [0, 0.05) is 12.4 Å². The van der Waals surface area contributed by atoms with Crippen molar-refractivity contribution in [2.45, 2.75) is 4.90 Å². The number of carbonyl (C=O) groups is 1. The summed E-state index contributed by atoms with van der Waals surface area (Å²) in [6.07, 6.45) is 2.09. The van der Waals surface area contributed by atoms with Crippen LogP contribution >= 0.6 is 0 Å². The molecule has 110 valence electrons. The highest BCUT2D eigenvalue weighted by Crippen LogP contribution is 2.20. The molecule has 7 nitrogen and oxygen atoms in total. The Morgan fingerprint density at radius 1 is 1.19 bits per heavy atom. The molecule has 0 spiro atoms. The molecule has 0 atom stereocenters. The third kappa shape index (κ3) is 3.11. The predicted octanol–water partition coefficient (Wildman–Crippen LogP) is 1.25. The molecule has 2 N–H and O–H groups in total. The summed E-state index contributed by atoms with van der Waals surface area (Å²) in [5.74, 6) is -4.28. The highest BCUT2D eigenvalue weighted by atomic mass is 32.2. The highest BCUT2D eigenvalue weighted by molar-refractivity contribution is 7.92. The van der Waals surface area contributed by atoms with Gasteiger partial charge in [-0.2, -0.15) is 0 Å². The highest BCUT2D eigenvalue weighted by Gasteiger charge is 2.23. The van der Waals surface area contributed by atoms with Crippen molar-refractivity contribution >= 4 is 21.8 Å². The molecule has 0 aliphatic carbocycles.